The molecule has 3 heteroatoms. The van der Waals surface area contributed by atoms with Gasteiger partial charge in [-0.1, -0.05) is 24.6 Å². The molecule has 2 rings (SSSR count). The van der Waals surface area contributed by atoms with E-state index in [0.717, 1.165) is 43.5 Å². The maximum absolute atomic E-state index is 14.0. The first-order chi connectivity index (χ1) is 8.72. The van der Waals surface area contributed by atoms with Crippen LogP contribution in [0.2, 0.25) is 0 Å². The number of benzene rings is 1. The molecule has 0 spiro atoms. The highest BCUT2D eigenvalue weighted by molar-refractivity contribution is 5.28. The molecule has 1 aliphatic rings. The molecule has 0 aliphatic carbocycles. The summed E-state index contributed by atoms with van der Waals surface area (Å²) in [7, 11) is 0. The van der Waals surface area contributed by atoms with E-state index < -0.39 is 0 Å². The van der Waals surface area contributed by atoms with Gasteiger partial charge in [0.25, 0.3) is 0 Å². The minimum atomic E-state index is -0.135. The molecular formula is C15H22FNO. The maximum atomic E-state index is 14.0. The quantitative estimate of drug-likeness (QED) is 0.866. The Bertz CT molecular complexity index is 388. The molecule has 0 saturated carbocycles. The average Bonchev–Trinajstić information content (AvgIpc) is 2.88. The van der Waals surface area contributed by atoms with Crippen LogP contribution in [0.1, 0.15) is 43.4 Å². The molecule has 1 heterocycles. The Balaban J connectivity index is 2.23. The van der Waals surface area contributed by atoms with Gasteiger partial charge in [-0.2, -0.15) is 0 Å². The second-order valence-corrected chi connectivity index (χ2v) is 5.01. The van der Waals surface area contributed by atoms with Crippen molar-refractivity contribution in [2.45, 2.75) is 45.3 Å². The minimum absolute atomic E-state index is 0.0210. The van der Waals surface area contributed by atoms with Crippen LogP contribution in [-0.4, -0.2) is 19.3 Å². The zero-order valence-electron chi connectivity index (χ0n) is 11.2. The van der Waals surface area contributed by atoms with Crippen molar-refractivity contribution in [2.24, 2.45) is 0 Å². The molecule has 18 heavy (non-hydrogen) atoms. The van der Waals surface area contributed by atoms with Crippen LogP contribution >= 0.6 is 0 Å². The van der Waals surface area contributed by atoms with Crippen molar-refractivity contribution in [3.05, 3.63) is 35.1 Å². The largest absolute Gasteiger partial charge is 0.376 e. The van der Waals surface area contributed by atoms with E-state index in [1.165, 1.54) is 0 Å². The molecule has 2 atom stereocenters. The van der Waals surface area contributed by atoms with Crippen LogP contribution in [0, 0.1) is 12.7 Å². The lowest BCUT2D eigenvalue weighted by Gasteiger charge is -2.25. The van der Waals surface area contributed by atoms with E-state index in [9.17, 15) is 4.39 Å². The molecule has 2 unspecified atom stereocenters. The van der Waals surface area contributed by atoms with Crippen LogP contribution in [0.25, 0.3) is 0 Å². The number of rotatable bonds is 5. The molecule has 0 aromatic heterocycles. The Morgan fingerprint density at radius 2 is 2.33 bits per heavy atom. The van der Waals surface area contributed by atoms with Crippen molar-refractivity contribution >= 4 is 0 Å². The summed E-state index contributed by atoms with van der Waals surface area (Å²) in [6.07, 6.45) is 3.22. The van der Waals surface area contributed by atoms with E-state index in [-0.39, 0.29) is 18.0 Å². The Kier molecular flexibility index (Phi) is 4.72. The van der Waals surface area contributed by atoms with Gasteiger partial charge >= 0.3 is 0 Å². The summed E-state index contributed by atoms with van der Waals surface area (Å²) in [5.41, 5.74) is 1.84. The van der Waals surface area contributed by atoms with E-state index in [4.69, 9.17) is 4.74 Å². The second kappa shape index (κ2) is 6.30. The van der Waals surface area contributed by atoms with Crippen LogP contribution in [0.3, 0.4) is 0 Å². The predicted molar refractivity (Wildman–Crippen MR) is 71.1 cm³/mol. The summed E-state index contributed by atoms with van der Waals surface area (Å²) >= 11 is 0. The molecule has 1 saturated heterocycles. The zero-order valence-corrected chi connectivity index (χ0v) is 11.2. The molecule has 100 valence electrons. The van der Waals surface area contributed by atoms with Crippen molar-refractivity contribution in [1.29, 1.82) is 0 Å². The summed E-state index contributed by atoms with van der Waals surface area (Å²) in [5, 5.41) is 3.43. The third kappa shape index (κ3) is 3.09. The van der Waals surface area contributed by atoms with Crippen molar-refractivity contribution in [3.63, 3.8) is 0 Å². The van der Waals surface area contributed by atoms with Gasteiger partial charge in [0, 0.05) is 12.2 Å². The molecule has 1 fully saturated rings. The van der Waals surface area contributed by atoms with Gasteiger partial charge in [0.2, 0.25) is 0 Å². The fraction of sp³-hybridized carbons (Fsp3) is 0.600. The molecule has 1 aromatic carbocycles. The number of aryl methyl sites for hydroxylation is 1. The van der Waals surface area contributed by atoms with Crippen LogP contribution < -0.4 is 5.32 Å². The number of hydrogen-bond donors (Lipinski definition) is 1. The van der Waals surface area contributed by atoms with Crippen LogP contribution in [0.15, 0.2) is 18.2 Å². The summed E-state index contributed by atoms with van der Waals surface area (Å²) in [6.45, 7) is 5.79. The highest BCUT2D eigenvalue weighted by atomic mass is 19.1. The van der Waals surface area contributed by atoms with E-state index in [0.29, 0.717) is 0 Å². The fourth-order valence-corrected chi connectivity index (χ4v) is 2.51. The zero-order chi connectivity index (χ0) is 13.0. The Labute approximate surface area is 109 Å². The normalized spacial score (nSPS) is 21.2. The molecule has 1 aliphatic heterocycles. The molecule has 0 radical (unpaired) electrons. The van der Waals surface area contributed by atoms with Gasteiger partial charge in [-0.25, -0.2) is 4.39 Å². The third-order valence-corrected chi connectivity index (χ3v) is 3.44. The fourth-order valence-electron chi connectivity index (χ4n) is 2.51. The van der Waals surface area contributed by atoms with Gasteiger partial charge in [0.15, 0.2) is 0 Å². The first-order valence-electron chi connectivity index (χ1n) is 6.83. The van der Waals surface area contributed by atoms with Gasteiger partial charge in [0.1, 0.15) is 5.82 Å². The van der Waals surface area contributed by atoms with E-state index in [1.54, 1.807) is 6.07 Å². The Hall–Kier alpha value is -0.930. The lowest BCUT2D eigenvalue weighted by Crippen LogP contribution is -2.33. The molecule has 1 aromatic rings. The van der Waals surface area contributed by atoms with Gasteiger partial charge in [-0.3, -0.25) is 0 Å². The van der Waals surface area contributed by atoms with Crippen LogP contribution in [0.4, 0.5) is 4.39 Å². The second-order valence-electron chi connectivity index (χ2n) is 5.01. The van der Waals surface area contributed by atoms with E-state index in [1.807, 2.05) is 19.1 Å². The van der Waals surface area contributed by atoms with E-state index in [2.05, 4.69) is 12.2 Å². The number of halogens is 1. The maximum Gasteiger partial charge on any atom is 0.128 e. The SMILES string of the molecule is CCCNC(c1cc(C)ccc1F)C1CCCO1. The smallest absolute Gasteiger partial charge is 0.128 e. The van der Waals surface area contributed by atoms with Crippen molar-refractivity contribution in [1.82, 2.24) is 5.32 Å². The topological polar surface area (TPSA) is 21.3 Å². The minimum Gasteiger partial charge on any atom is -0.376 e. The third-order valence-electron chi connectivity index (χ3n) is 3.44. The molecule has 1 N–H and O–H groups in total. The Morgan fingerprint density at radius 3 is 3.00 bits per heavy atom. The van der Waals surface area contributed by atoms with Crippen LogP contribution in [-0.2, 0) is 4.74 Å². The summed E-state index contributed by atoms with van der Waals surface area (Å²) in [5.74, 6) is -0.135. The monoisotopic (exact) mass is 251 g/mol. The van der Waals surface area contributed by atoms with E-state index >= 15 is 0 Å². The summed E-state index contributed by atoms with van der Waals surface area (Å²) in [6, 6.07) is 5.28. The van der Waals surface area contributed by atoms with Gasteiger partial charge < -0.3 is 10.1 Å². The first kappa shape index (κ1) is 13.5. The Morgan fingerprint density at radius 1 is 1.50 bits per heavy atom. The summed E-state index contributed by atoms with van der Waals surface area (Å²) in [4.78, 5) is 0. The molecule has 0 bridgehead atoms. The molecule has 0 amide bonds. The first-order valence-corrected chi connectivity index (χ1v) is 6.83. The van der Waals surface area contributed by atoms with Crippen LogP contribution in [0.5, 0.6) is 0 Å². The number of ether oxygens (including phenoxy) is 1. The number of hydrogen-bond acceptors (Lipinski definition) is 2. The predicted octanol–water partition coefficient (Wildman–Crippen LogP) is 3.35. The van der Waals surface area contributed by atoms with Crippen molar-refractivity contribution in [3.8, 4) is 0 Å². The van der Waals surface area contributed by atoms with Gasteiger partial charge in [-0.15, -0.1) is 0 Å². The van der Waals surface area contributed by atoms with Crippen molar-refractivity contribution < 1.29 is 9.13 Å². The molecule has 2 nitrogen and oxygen atoms in total. The number of nitrogens with one attached hydrogen (secondary N) is 1. The highest BCUT2D eigenvalue weighted by Crippen LogP contribution is 2.29. The van der Waals surface area contributed by atoms with Gasteiger partial charge in [-0.05, 0) is 38.8 Å². The van der Waals surface area contributed by atoms with Gasteiger partial charge in [0.05, 0.1) is 12.1 Å². The van der Waals surface area contributed by atoms with Crippen molar-refractivity contribution in [2.75, 3.05) is 13.2 Å². The standard InChI is InChI=1S/C15H22FNO/c1-3-8-17-15(14-5-4-9-18-14)12-10-11(2)6-7-13(12)16/h6-7,10,14-15,17H,3-5,8-9H2,1-2H3. The average molecular weight is 251 g/mol. The lowest BCUT2D eigenvalue weighted by atomic mass is 9.97. The molecular weight excluding hydrogens is 229 g/mol. The summed E-state index contributed by atoms with van der Waals surface area (Å²) < 4.78 is 19.7. The highest BCUT2D eigenvalue weighted by Gasteiger charge is 2.28. The lowest BCUT2D eigenvalue weighted by molar-refractivity contribution is 0.0771.